The molecule has 0 aromatic carbocycles. The number of carboxylic acid groups (broad SMARTS) is 1. The maximum Gasteiger partial charge on any atom is 0.329 e. The van der Waals surface area contributed by atoms with Crippen LogP contribution in [0.3, 0.4) is 0 Å². The fourth-order valence-corrected chi connectivity index (χ4v) is 3.33. The van der Waals surface area contributed by atoms with Crippen molar-refractivity contribution >= 4 is 11.9 Å². The summed E-state index contributed by atoms with van der Waals surface area (Å²) in [5.74, 6) is -0.832. The first kappa shape index (κ1) is 15.3. The van der Waals surface area contributed by atoms with Crippen molar-refractivity contribution < 1.29 is 19.4 Å². The number of hydrogen-bond acceptors (Lipinski definition) is 3. The molecule has 2 aliphatic rings. The smallest absolute Gasteiger partial charge is 0.329 e. The zero-order valence-corrected chi connectivity index (χ0v) is 12.2. The van der Waals surface area contributed by atoms with Crippen LogP contribution < -0.4 is 5.32 Å². The van der Waals surface area contributed by atoms with E-state index in [4.69, 9.17) is 4.74 Å². The zero-order chi connectivity index (χ0) is 14.6. The zero-order valence-electron chi connectivity index (χ0n) is 12.2. The molecule has 0 aromatic rings. The third kappa shape index (κ3) is 3.32. The SMILES string of the molecule is CC(C(=O)NC1(C(=O)O)CCCCC1)C1CCOCC1. The van der Waals surface area contributed by atoms with Gasteiger partial charge in [0.05, 0.1) is 0 Å². The summed E-state index contributed by atoms with van der Waals surface area (Å²) in [5.41, 5.74) is -1.03. The lowest BCUT2D eigenvalue weighted by molar-refractivity contribution is -0.150. The summed E-state index contributed by atoms with van der Waals surface area (Å²) >= 11 is 0. The molecule has 1 atom stereocenters. The molecule has 1 unspecified atom stereocenters. The minimum absolute atomic E-state index is 0.110. The van der Waals surface area contributed by atoms with Crippen LogP contribution in [0.1, 0.15) is 51.9 Å². The Morgan fingerprint density at radius 1 is 1.20 bits per heavy atom. The highest BCUT2D eigenvalue weighted by atomic mass is 16.5. The highest BCUT2D eigenvalue weighted by Crippen LogP contribution is 2.30. The van der Waals surface area contributed by atoms with E-state index in [1.54, 1.807) is 0 Å². The average molecular weight is 283 g/mol. The Labute approximate surface area is 120 Å². The second-order valence-corrected chi connectivity index (χ2v) is 6.18. The van der Waals surface area contributed by atoms with Gasteiger partial charge in [-0.3, -0.25) is 4.79 Å². The predicted molar refractivity (Wildman–Crippen MR) is 74.3 cm³/mol. The molecule has 1 saturated heterocycles. The molecule has 0 radical (unpaired) electrons. The maximum atomic E-state index is 12.4. The number of carboxylic acids is 1. The number of nitrogens with one attached hydrogen (secondary N) is 1. The van der Waals surface area contributed by atoms with Crippen molar-refractivity contribution in [3.8, 4) is 0 Å². The number of aliphatic carboxylic acids is 1. The van der Waals surface area contributed by atoms with Gasteiger partial charge in [-0.05, 0) is 31.6 Å². The van der Waals surface area contributed by atoms with Gasteiger partial charge in [0.25, 0.3) is 0 Å². The first-order valence-corrected chi connectivity index (χ1v) is 7.68. The Bertz CT molecular complexity index is 357. The molecule has 20 heavy (non-hydrogen) atoms. The number of carbonyl (C=O) groups is 2. The van der Waals surface area contributed by atoms with Gasteiger partial charge in [-0.2, -0.15) is 0 Å². The van der Waals surface area contributed by atoms with Crippen LogP contribution in [0.2, 0.25) is 0 Å². The van der Waals surface area contributed by atoms with Gasteiger partial charge in [0.15, 0.2) is 0 Å². The highest BCUT2D eigenvalue weighted by Gasteiger charge is 2.42. The lowest BCUT2D eigenvalue weighted by Crippen LogP contribution is -2.57. The third-order valence-electron chi connectivity index (χ3n) is 4.87. The van der Waals surface area contributed by atoms with Crippen LogP contribution in [0.4, 0.5) is 0 Å². The topological polar surface area (TPSA) is 75.6 Å². The van der Waals surface area contributed by atoms with E-state index in [1.807, 2.05) is 6.92 Å². The maximum absolute atomic E-state index is 12.4. The summed E-state index contributed by atoms with van der Waals surface area (Å²) in [5, 5.41) is 12.3. The van der Waals surface area contributed by atoms with Crippen LogP contribution in [-0.4, -0.2) is 35.7 Å². The molecule has 0 bridgehead atoms. The van der Waals surface area contributed by atoms with Crippen molar-refractivity contribution in [2.75, 3.05) is 13.2 Å². The second-order valence-electron chi connectivity index (χ2n) is 6.18. The summed E-state index contributed by atoms with van der Waals surface area (Å²) in [6.45, 7) is 3.31. The van der Waals surface area contributed by atoms with E-state index >= 15 is 0 Å². The standard InChI is InChI=1S/C15H25NO4/c1-11(12-5-9-20-10-6-12)13(17)16-15(14(18)19)7-3-2-4-8-15/h11-12H,2-10H2,1H3,(H,16,17)(H,18,19). The van der Waals surface area contributed by atoms with Crippen molar-refractivity contribution in [3.05, 3.63) is 0 Å². The Morgan fingerprint density at radius 2 is 1.80 bits per heavy atom. The van der Waals surface area contributed by atoms with Crippen molar-refractivity contribution in [1.29, 1.82) is 0 Å². The van der Waals surface area contributed by atoms with Crippen LogP contribution in [0.15, 0.2) is 0 Å². The normalized spacial score (nSPS) is 24.9. The lowest BCUT2D eigenvalue weighted by Gasteiger charge is -2.36. The van der Waals surface area contributed by atoms with Gasteiger partial charge in [0.1, 0.15) is 5.54 Å². The molecule has 2 N–H and O–H groups in total. The summed E-state index contributed by atoms with van der Waals surface area (Å²) in [7, 11) is 0. The Hall–Kier alpha value is -1.10. The number of hydrogen-bond donors (Lipinski definition) is 2. The molecular weight excluding hydrogens is 258 g/mol. The van der Waals surface area contributed by atoms with E-state index in [9.17, 15) is 14.7 Å². The molecule has 2 rings (SSSR count). The molecule has 1 heterocycles. The monoisotopic (exact) mass is 283 g/mol. The quantitative estimate of drug-likeness (QED) is 0.827. The Morgan fingerprint density at radius 3 is 2.35 bits per heavy atom. The molecule has 5 heteroatoms. The van der Waals surface area contributed by atoms with E-state index in [-0.39, 0.29) is 11.8 Å². The molecule has 0 aromatic heterocycles. The van der Waals surface area contributed by atoms with Crippen LogP contribution >= 0.6 is 0 Å². The first-order chi connectivity index (χ1) is 9.55. The van der Waals surface area contributed by atoms with E-state index in [2.05, 4.69) is 5.32 Å². The fraction of sp³-hybridized carbons (Fsp3) is 0.867. The lowest BCUT2D eigenvalue weighted by atomic mass is 9.80. The largest absolute Gasteiger partial charge is 0.480 e. The molecule has 5 nitrogen and oxygen atoms in total. The molecule has 1 aliphatic heterocycles. The average Bonchev–Trinajstić information content (AvgIpc) is 2.48. The van der Waals surface area contributed by atoms with E-state index in [0.717, 1.165) is 32.1 Å². The van der Waals surface area contributed by atoms with Crippen molar-refractivity contribution in [1.82, 2.24) is 5.32 Å². The van der Waals surface area contributed by atoms with Crippen LogP contribution in [-0.2, 0) is 14.3 Å². The van der Waals surface area contributed by atoms with E-state index < -0.39 is 11.5 Å². The van der Waals surface area contributed by atoms with Gasteiger partial charge >= 0.3 is 5.97 Å². The summed E-state index contributed by atoms with van der Waals surface area (Å²) in [4.78, 5) is 24.0. The molecule has 1 aliphatic carbocycles. The summed E-state index contributed by atoms with van der Waals surface area (Å²) < 4.78 is 5.31. The number of rotatable bonds is 4. The van der Waals surface area contributed by atoms with Crippen molar-refractivity contribution in [3.63, 3.8) is 0 Å². The van der Waals surface area contributed by atoms with Gasteiger partial charge in [-0.15, -0.1) is 0 Å². The predicted octanol–water partition coefficient (Wildman–Crippen LogP) is 1.95. The van der Waals surface area contributed by atoms with Gasteiger partial charge < -0.3 is 15.2 Å². The Kier molecular flexibility index (Phi) is 5.02. The summed E-state index contributed by atoms with van der Waals surface area (Å²) in [6.07, 6.45) is 5.67. The molecule has 1 amide bonds. The minimum atomic E-state index is -1.03. The van der Waals surface area contributed by atoms with Gasteiger partial charge in [0, 0.05) is 19.1 Å². The molecule has 1 saturated carbocycles. The molecule has 2 fully saturated rings. The minimum Gasteiger partial charge on any atom is -0.480 e. The third-order valence-corrected chi connectivity index (χ3v) is 4.87. The van der Waals surface area contributed by atoms with Gasteiger partial charge in [-0.1, -0.05) is 26.2 Å². The number of ether oxygens (including phenoxy) is 1. The van der Waals surface area contributed by atoms with Crippen LogP contribution in [0.25, 0.3) is 0 Å². The first-order valence-electron chi connectivity index (χ1n) is 7.68. The van der Waals surface area contributed by atoms with Gasteiger partial charge in [0.2, 0.25) is 5.91 Å². The number of amides is 1. The highest BCUT2D eigenvalue weighted by molar-refractivity contribution is 5.88. The van der Waals surface area contributed by atoms with Crippen LogP contribution in [0, 0.1) is 11.8 Å². The molecular formula is C15H25NO4. The van der Waals surface area contributed by atoms with E-state index in [0.29, 0.717) is 32.0 Å². The summed E-state index contributed by atoms with van der Waals surface area (Å²) in [6, 6.07) is 0. The number of carbonyl (C=O) groups excluding carboxylic acids is 1. The van der Waals surface area contributed by atoms with E-state index in [1.165, 1.54) is 0 Å². The molecule has 114 valence electrons. The Balaban J connectivity index is 1.98. The molecule has 0 spiro atoms. The van der Waals surface area contributed by atoms with Crippen molar-refractivity contribution in [2.45, 2.75) is 57.4 Å². The van der Waals surface area contributed by atoms with Crippen molar-refractivity contribution in [2.24, 2.45) is 11.8 Å². The second kappa shape index (κ2) is 6.57. The van der Waals surface area contributed by atoms with Gasteiger partial charge in [-0.25, -0.2) is 4.79 Å². The van der Waals surface area contributed by atoms with Crippen LogP contribution in [0.5, 0.6) is 0 Å². The fourth-order valence-electron chi connectivity index (χ4n) is 3.33.